The Bertz CT molecular complexity index is 524. The molecule has 112 valence electrons. The maximum absolute atomic E-state index is 12.3. The van der Waals surface area contributed by atoms with E-state index in [1.54, 1.807) is 19.2 Å². The highest BCUT2D eigenvalue weighted by Crippen LogP contribution is 2.18. The lowest BCUT2D eigenvalue weighted by atomic mass is 10.1. The molecule has 1 aromatic rings. The van der Waals surface area contributed by atoms with Crippen molar-refractivity contribution in [2.45, 2.75) is 25.5 Å². The van der Waals surface area contributed by atoms with Crippen LogP contribution in [0.2, 0.25) is 0 Å². The minimum atomic E-state index is -4.95. The molecule has 7 heteroatoms. The first-order chi connectivity index (χ1) is 9.46. The van der Waals surface area contributed by atoms with Gasteiger partial charge in [-0.1, -0.05) is 16.0 Å². The van der Waals surface area contributed by atoms with Gasteiger partial charge in [-0.3, -0.25) is 4.90 Å². The minimum absolute atomic E-state index is 0.0191. The highest BCUT2D eigenvalue weighted by molar-refractivity contribution is 7.81. The van der Waals surface area contributed by atoms with E-state index in [0.717, 1.165) is 38.0 Å². The summed E-state index contributed by atoms with van der Waals surface area (Å²) in [6.45, 7) is 2.71. The van der Waals surface area contributed by atoms with E-state index in [0.29, 0.717) is 6.10 Å². The number of methoxy groups -OCH3 is 1. The molecule has 0 bridgehead atoms. The second kappa shape index (κ2) is 6.51. The van der Waals surface area contributed by atoms with Crippen molar-refractivity contribution in [1.82, 2.24) is 4.90 Å². The molecule has 0 atom stereocenters. The van der Waals surface area contributed by atoms with Gasteiger partial charge in [0.2, 0.25) is 0 Å². The van der Waals surface area contributed by atoms with Crippen molar-refractivity contribution in [3.63, 3.8) is 0 Å². The molecule has 0 aromatic heterocycles. The van der Waals surface area contributed by atoms with E-state index in [1.165, 1.54) is 12.1 Å². The number of ether oxygens (including phenoxy) is 1. The van der Waals surface area contributed by atoms with Gasteiger partial charge in [-0.2, -0.15) is 8.42 Å². The largest absolute Gasteiger partial charge is 0.488 e. The number of hydrogen-bond acceptors (Lipinski definition) is 5. The van der Waals surface area contributed by atoms with Crippen LogP contribution in [0, 0.1) is 0 Å². The van der Waals surface area contributed by atoms with Crippen LogP contribution in [0.5, 0.6) is 5.75 Å². The zero-order valence-electron chi connectivity index (χ0n) is 11.3. The molecule has 1 saturated heterocycles. The maximum Gasteiger partial charge on any atom is 0.488 e. The summed E-state index contributed by atoms with van der Waals surface area (Å²) in [4.78, 5) is 2.30. The van der Waals surface area contributed by atoms with Gasteiger partial charge in [-0.05, 0) is 30.5 Å². The van der Waals surface area contributed by atoms with Crippen LogP contribution >= 0.6 is 0 Å². The first-order valence-electron chi connectivity index (χ1n) is 6.44. The molecule has 2 rings (SSSR count). The number of halogens is 1. The van der Waals surface area contributed by atoms with E-state index in [4.69, 9.17) is 4.74 Å². The van der Waals surface area contributed by atoms with Crippen molar-refractivity contribution in [2.75, 3.05) is 20.2 Å². The zero-order chi connectivity index (χ0) is 14.6. The van der Waals surface area contributed by atoms with Gasteiger partial charge in [0.25, 0.3) is 0 Å². The van der Waals surface area contributed by atoms with Crippen molar-refractivity contribution >= 4 is 10.5 Å². The third-order valence-electron chi connectivity index (χ3n) is 3.39. The molecule has 1 aliphatic heterocycles. The van der Waals surface area contributed by atoms with Crippen molar-refractivity contribution < 1.29 is 21.2 Å². The normalized spacial score (nSPS) is 18.1. The van der Waals surface area contributed by atoms with E-state index >= 15 is 0 Å². The first kappa shape index (κ1) is 15.2. The van der Waals surface area contributed by atoms with Gasteiger partial charge in [0.05, 0.1) is 6.10 Å². The van der Waals surface area contributed by atoms with Crippen molar-refractivity contribution in [3.8, 4) is 5.75 Å². The average molecular weight is 303 g/mol. The Morgan fingerprint density at radius 2 is 1.85 bits per heavy atom. The van der Waals surface area contributed by atoms with Crippen molar-refractivity contribution in [1.29, 1.82) is 0 Å². The fraction of sp³-hybridized carbons (Fsp3) is 0.538. The Morgan fingerprint density at radius 1 is 1.25 bits per heavy atom. The summed E-state index contributed by atoms with van der Waals surface area (Å²) in [5.74, 6) is -0.0191. The lowest BCUT2D eigenvalue weighted by molar-refractivity contribution is 0.0388. The lowest BCUT2D eigenvalue weighted by Gasteiger charge is -2.31. The number of rotatable bonds is 5. The van der Waals surface area contributed by atoms with Crippen LogP contribution in [0.4, 0.5) is 3.89 Å². The van der Waals surface area contributed by atoms with E-state index in [2.05, 4.69) is 9.08 Å². The molecule has 0 spiro atoms. The SMILES string of the molecule is COC1CCN(Cc2ccc(OS(=O)(=O)F)cc2)CC1. The minimum Gasteiger partial charge on any atom is -0.381 e. The molecular formula is C13H18FNO4S. The fourth-order valence-electron chi connectivity index (χ4n) is 2.33. The number of likely N-dealkylation sites (tertiary alicyclic amines) is 1. The summed E-state index contributed by atoms with van der Waals surface area (Å²) in [5.41, 5.74) is 1.03. The topological polar surface area (TPSA) is 55.8 Å². The first-order valence-corrected chi connectivity index (χ1v) is 7.75. The number of nitrogens with zero attached hydrogens (tertiary/aromatic N) is 1. The van der Waals surface area contributed by atoms with Gasteiger partial charge in [0, 0.05) is 26.7 Å². The predicted molar refractivity (Wildman–Crippen MR) is 72.4 cm³/mol. The quantitative estimate of drug-likeness (QED) is 0.778. The molecule has 1 fully saturated rings. The van der Waals surface area contributed by atoms with Gasteiger partial charge in [-0.25, -0.2) is 0 Å². The Kier molecular flexibility index (Phi) is 4.95. The van der Waals surface area contributed by atoms with Crippen LogP contribution in [0.25, 0.3) is 0 Å². The maximum atomic E-state index is 12.3. The fourth-order valence-corrected chi connectivity index (χ4v) is 2.67. The highest BCUT2D eigenvalue weighted by atomic mass is 32.3. The second-order valence-electron chi connectivity index (χ2n) is 4.83. The molecule has 1 heterocycles. The van der Waals surface area contributed by atoms with Crippen molar-refractivity contribution in [3.05, 3.63) is 29.8 Å². The average Bonchev–Trinajstić information content (AvgIpc) is 2.40. The van der Waals surface area contributed by atoms with E-state index < -0.39 is 10.5 Å². The van der Waals surface area contributed by atoms with Gasteiger partial charge in [0.1, 0.15) is 5.75 Å². The zero-order valence-corrected chi connectivity index (χ0v) is 12.1. The molecule has 0 aliphatic carbocycles. The molecule has 0 amide bonds. The molecule has 5 nitrogen and oxygen atoms in total. The molecule has 1 aliphatic rings. The lowest BCUT2D eigenvalue weighted by Crippen LogP contribution is -2.36. The Labute approximate surface area is 118 Å². The van der Waals surface area contributed by atoms with Crippen LogP contribution in [-0.2, 0) is 21.8 Å². The molecule has 1 aromatic carbocycles. The van der Waals surface area contributed by atoms with E-state index in [1.807, 2.05) is 0 Å². The van der Waals surface area contributed by atoms with Crippen LogP contribution in [0.1, 0.15) is 18.4 Å². The molecule has 20 heavy (non-hydrogen) atoms. The van der Waals surface area contributed by atoms with E-state index in [9.17, 15) is 12.3 Å². The van der Waals surface area contributed by atoms with Gasteiger partial charge in [0.15, 0.2) is 0 Å². The third-order valence-corrected chi connectivity index (χ3v) is 3.78. The number of piperidine rings is 1. The summed E-state index contributed by atoms with van der Waals surface area (Å²) in [6, 6.07) is 6.38. The smallest absolute Gasteiger partial charge is 0.381 e. The number of benzene rings is 1. The standard InChI is InChI=1S/C13H18FNO4S/c1-18-12-6-8-15(9-7-12)10-11-2-4-13(5-3-11)19-20(14,16)17/h2-5,12H,6-10H2,1H3. The summed E-state index contributed by atoms with van der Waals surface area (Å²) >= 11 is 0. The monoisotopic (exact) mass is 303 g/mol. The van der Waals surface area contributed by atoms with Crippen LogP contribution < -0.4 is 4.18 Å². The van der Waals surface area contributed by atoms with Crippen LogP contribution in [-0.4, -0.2) is 39.6 Å². The van der Waals surface area contributed by atoms with Crippen LogP contribution in [0.3, 0.4) is 0 Å². The Hall–Kier alpha value is -1.18. The molecule has 0 radical (unpaired) electrons. The Morgan fingerprint density at radius 3 is 2.35 bits per heavy atom. The summed E-state index contributed by atoms with van der Waals surface area (Å²) < 4.78 is 42.5. The summed E-state index contributed by atoms with van der Waals surface area (Å²) in [7, 11) is -3.22. The number of hydrogen-bond donors (Lipinski definition) is 0. The van der Waals surface area contributed by atoms with Crippen molar-refractivity contribution in [2.24, 2.45) is 0 Å². The van der Waals surface area contributed by atoms with Gasteiger partial charge < -0.3 is 8.92 Å². The molecule has 0 N–H and O–H groups in total. The summed E-state index contributed by atoms with van der Waals surface area (Å²) in [5, 5.41) is 0. The van der Waals surface area contributed by atoms with Crippen LogP contribution in [0.15, 0.2) is 24.3 Å². The molecular weight excluding hydrogens is 285 g/mol. The summed E-state index contributed by atoms with van der Waals surface area (Å²) in [6.07, 6.45) is 2.37. The second-order valence-corrected chi connectivity index (χ2v) is 5.78. The van der Waals surface area contributed by atoms with Gasteiger partial charge in [-0.15, -0.1) is 0 Å². The Balaban J connectivity index is 1.88. The third kappa shape index (κ3) is 4.73. The van der Waals surface area contributed by atoms with Gasteiger partial charge >= 0.3 is 10.5 Å². The highest BCUT2D eigenvalue weighted by Gasteiger charge is 2.18. The van der Waals surface area contributed by atoms with E-state index in [-0.39, 0.29) is 5.75 Å². The molecule has 0 saturated carbocycles. The molecule has 0 unspecified atom stereocenters. The predicted octanol–water partition coefficient (Wildman–Crippen LogP) is 1.89.